The minimum Gasteiger partial charge on any atom is -0.497 e. The van der Waals surface area contributed by atoms with E-state index in [0.717, 1.165) is 28.1 Å². The number of amides is 1. The SMILES string of the molecule is COc1ccc(-c2cc(-c3ccccc3)nc(NC(=O)c3ccc(C)cc3)n2)cc1. The average molecular weight is 395 g/mol. The van der Waals surface area contributed by atoms with Gasteiger partial charge in [-0.15, -0.1) is 0 Å². The molecule has 3 aromatic carbocycles. The molecule has 0 unspecified atom stereocenters. The molecule has 0 saturated heterocycles. The molecule has 4 rings (SSSR count). The third kappa shape index (κ3) is 4.36. The van der Waals surface area contributed by atoms with Crippen LogP contribution in [0.25, 0.3) is 22.5 Å². The lowest BCUT2D eigenvalue weighted by molar-refractivity contribution is 0.102. The summed E-state index contributed by atoms with van der Waals surface area (Å²) in [5.74, 6) is 0.776. The van der Waals surface area contributed by atoms with Gasteiger partial charge in [-0.05, 0) is 49.4 Å². The molecular weight excluding hydrogens is 374 g/mol. The van der Waals surface area contributed by atoms with Crippen molar-refractivity contribution in [2.75, 3.05) is 12.4 Å². The molecule has 0 saturated carbocycles. The second-order valence-corrected chi connectivity index (χ2v) is 6.88. The Bertz CT molecular complexity index is 1160. The van der Waals surface area contributed by atoms with Crippen LogP contribution in [-0.2, 0) is 0 Å². The van der Waals surface area contributed by atoms with Gasteiger partial charge in [0.05, 0.1) is 18.5 Å². The fourth-order valence-corrected chi connectivity index (χ4v) is 3.05. The second-order valence-electron chi connectivity index (χ2n) is 6.88. The number of rotatable bonds is 5. The number of carbonyl (C=O) groups is 1. The lowest BCUT2D eigenvalue weighted by Crippen LogP contribution is -2.14. The van der Waals surface area contributed by atoms with Crippen LogP contribution in [0.2, 0.25) is 0 Å². The number of nitrogens with zero attached hydrogens (tertiary/aromatic N) is 2. The first-order valence-electron chi connectivity index (χ1n) is 9.59. The van der Waals surface area contributed by atoms with Gasteiger partial charge in [0.2, 0.25) is 5.95 Å². The lowest BCUT2D eigenvalue weighted by Gasteiger charge is -2.10. The smallest absolute Gasteiger partial charge is 0.258 e. The molecule has 0 aliphatic heterocycles. The van der Waals surface area contributed by atoms with Crippen molar-refractivity contribution in [3.8, 4) is 28.3 Å². The number of anilines is 1. The standard InChI is InChI=1S/C25H21N3O2/c1-17-8-10-20(11-9-17)24(29)28-25-26-22(18-6-4-3-5-7-18)16-23(27-25)19-12-14-21(30-2)15-13-19/h3-16H,1-2H3,(H,26,27,28,29). The Labute approximate surface area is 175 Å². The van der Waals surface area contributed by atoms with Crippen LogP contribution in [0.3, 0.4) is 0 Å². The molecule has 1 amide bonds. The third-order valence-electron chi connectivity index (χ3n) is 4.72. The molecule has 0 bridgehead atoms. The Morgan fingerprint density at radius 2 is 1.40 bits per heavy atom. The average Bonchev–Trinajstić information content (AvgIpc) is 2.80. The summed E-state index contributed by atoms with van der Waals surface area (Å²) in [5, 5.41) is 2.83. The Morgan fingerprint density at radius 1 is 0.800 bits per heavy atom. The first-order chi connectivity index (χ1) is 14.6. The zero-order chi connectivity index (χ0) is 20.9. The fourth-order valence-electron chi connectivity index (χ4n) is 3.05. The van der Waals surface area contributed by atoms with E-state index < -0.39 is 0 Å². The summed E-state index contributed by atoms with van der Waals surface area (Å²) in [6.45, 7) is 1.98. The highest BCUT2D eigenvalue weighted by atomic mass is 16.5. The van der Waals surface area contributed by atoms with Crippen molar-refractivity contribution >= 4 is 11.9 Å². The van der Waals surface area contributed by atoms with Gasteiger partial charge in [-0.25, -0.2) is 9.97 Å². The van der Waals surface area contributed by atoms with Crippen LogP contribution in [0.1, 0.15) is 15.9 Å². The van der Waals surface area contributed by atoms with Crippen LogP contribution < -0.4 is 10.1 Å². The van der Waals surface area contributed by atoms with E-state index in [4.69, 9.17) is 4.74 Å². The third-order valence-corrected chi connectivity index (χ3v) is 4.72. The van der Waals surface area contributed by atoms with E-state index >= 15 is 0 Å². The molecule has 5 nitrogen and oxygen atoms in total. The molecule has 0 aliphatic carbocycles. The van der Waals surface area contributed by atoms with Crippen molar-refractivity contribution in [3.05, 3.63) is 96.1 Å². The maximum atomic E-state index is 12.7. The molecule has 0 aliphatic rings. The highest BCUT2D eigenvalue weighted by Gasteiger charge is 2.12. The maximum absolute atomic E-state index is 12.7. The molecule has 0 atom stereocenters. The Hall–Kier alpha value is -3.99. The molecule has 1 aromatic heterocycles. The van der Waals surface area contributed by atoms with Gasteiger partial charge >= 0.3 is 0 Å². The monoisotopic (exact) mass is 395 g/mol. The number of methoxy groups -OCH3 is 1. The summed E-state index contributed by atoms with van der Waals surface area (Å²) < 4.78 is 5.24. The fraction of sp³-hybridized carbons (Fsp3) is 0.0800. The van der Waals surface area contributed by atoms with Crippen LogP contribution >= 0.6 is 0 Å². The quantitative estimate of drug-likeness (QED) is 0.493. The van der Waals surface area contributed by atoms with Crippen LogP contribution in [0, 0.1) is 6.92 Å². The van der Waals surface area contributed by atoms with Crippen molar-refractivity contribution in [1.29, 1.82) is 0 Å². The van der Waals surface area contributed by atoms with Crippen LogP contribution in [-0.4, -0.2) is 23.0 Å². The van der Waals surface area contributed by atoms with Gasteiger partial charge in [-0.3, -0.25) is 10.1 Å². The van der Waals surface area contributed by atoms with Gasteiger partial charge in [0.1, 0.15) is 5.75 Å². The number of aromatic nitrogens is 2. The van der Waals surface area contributed by atoms with Gasteiger partial charge in [-0.1, -0.05) is 48.0 Å². The number of benzene rings is 3. The second kappa shape index (κ2) is 8.57. The Kier molecular flexibility index (Phi) is 5.52. The van der Waals surface area contributed by atoms with Gasteiger partial charge < -0.3 is 4.74 Å². The summed E-state index contributed by atoms with van der Waals surface area (Å²) in [6, 6.07) is 26.7. The minimum absolute atomic E-state index is 0.249. The summed E-state index contributed by atoms with van der Waals surface area (Å²) in [5.41, 5.74) is 4.94. The van der Waals surface area contributed by atoms with Crippen molar-refractivity contribution in [3.63, 3.8) is 0 Å². The summed E-state index contributed by atoms with van der Waals surface area (Å²) in [7, 11) is 1.63. The number of aryl methyl sites for hydroxylation is 1. The maximum Gasteiger partial charge on any atom is 0.258 e. The van der Waals surface area contributed by atoms with Crippen molar-refractivity contribution in [2.24, 2.45) is 0 Å². The van der Waals surface area contributed by atoms with Crippen LogP contribution in [0.15, 0.2) is 84.9 Å². The minimum atomic E-state index is -0.249. The highest BCUT2D eigenvalue weighted by molar-refractivity contribution is 6.03. The predicted octanol–water partition coefficient (Wildman–Crippen LogP) is 5.38. The molecule has 1 heterocycles. The number of hydrogen-bond acceptors (Lipinski definition) is 4. The molecule has 0 radical (unpaired) electrons. The van der Waals surface area contributed by atoms with E-state index in [-0.39, 0.29) is 11.9 Å². The zero-order valence-corrected chi connectivity index (χ0v) is 16.8. The number of nitrogens with one attached hydrogen (secondary N) is 1. The van der Waals surface area contributed by atoms with E-state index in [1.807, 2.05) is 79.7 Å². The zero-order valence-electron chi connectivity index (χ0n) is 16.8. The number of hydrogen-bond donors (Lipinski definition) is 1. The lowest BCUT2D eigenvalue weighted by atomic mass is 10.1. The predicted molar refractivity (Wildman–Crippen MR) is 119 cm³/mol. The number of ether oxygens (including phenoxy) is 1. The Morgan fingerprint density at radius 3 is 2.00 bits per heavy atom. The molecule has 148 valence electrons. The van der Waals surface area contributed by atoms with Gasteiger partial charge in [0.15, 0.2) is 0 Å². The van der Waals surface area contributed by atoms with Crippen molar-refractivity contribution < 1.29 is 9.53 Å². The molecule has 5 heteroatoms. The van der Waals surface area contributed by atoms with Crippen LogP contribution in [0.5, 0.6) is 5.75 Å². The molecular formula is C25H21N3O2. The first-order valence-corrected chi connectivity index (χ1v) is 9.59. The number of carbonyl (C=O) groups excluding carboxylic acids is 1. The largest absolute Gasteiger partial charge is 0.497 e. The van der Waals surface area contributed by atoms with E-state index in [1.54, 1.807) is 19.2 Å². The molecule has 4 aromatic rings. The highest BCUT2D eigenvalue weighted by Crippen LogP contribution is 2.26. The van der Waals surface area contributed by atoms with Crippen LogP contribution in [0.4, 0.5) is 5.95 Å². The van der Waals surface area contributed by atoms with E-state index in [1.165, 1.54) is 0 Å². The Balaban J connectivity index is 1.73. The van der Waals surface area contributed by atoms with Gasteiger partial charge in [-0.2, -0.15) is 0 Å². The molecule has 30 heavy (non-hydrogen) atoms. The summed E-state index contributed by atoms with van der Waals surface area (Å²) in [4.78, 5) is 21.9. The van der Waals surface area contributed by atoms with Gasteiger partial charge in [0.25, 0.3) is 5.91 Å². The molecule has 0 fully saturated rings. The van der Waals surface area contributed by atoms with Gasteiger partial charge in [0, 0.05) is 16.7 Å². The summed E-state index contributed by atoms with van der Waals surface area (Å²) >= 11 is 0. The van der Waals surface area contributed by atoms with Crippen molar-refractivity contribution in [1.82, 2.24) is 9.97 Å². The van der Waals surface area contributed by atoms with E-state index in [2.05, 4.69) is 15.3 Å². The van der Waals surface area contributed by atoms with Crippen molar-refractivity contribution in [2.45, 2.75) is 6.92 Å². The normalized spacial score (nSPS) is 10.5. The van der Waals surface area contributed by atoms with E-state index in [9.17, 15) is 4.79 Å². The summed E-state index contributed by atoms with van der Waals surface area (Å²) in [6.07, 6.45) is 0. The van der Waals surface area contributed by atoms with E-state index in [0.29, 0.717) is 11.3 Å². The first kappa shape index (κ1) is 19.3. The topological polar surface area (TPSA) is 64.1 Å². The molecule has 0 spiro atoms. The molecule has 1 N–H and O–H groups in total.